The second kappa shape index (κ2) is 6.37. The number of halogens is 3. The van der Waals surface area contributed by atoms with E-state index in [4.69, 9.17) is 17.3 Å². The predicted octanol–water partition coefficient (Wildman–Crippen LogP) is 4.78. The number of nitrogens with two attached hydrogens (primary N) is 1. The summed E-state index contributed by atoms with van der Waals surface area (Å²) in [6.45, 7) is 0.367. The Morgan fingerprint density at radius 1 is 1.05 bits per heavy atom. The van der Waals surface area contributed by atoms with Crippen molar-refractivity contribution >= 4 is 23.4 Å². The van der Waals surface area contributed by atoms with Crippen LogP contribution in [0.3, 0.4) is 0 Å². The van der Waals surface area contributed by atoms with Gasteiger partial charge in [0.05, 0.1) is 0 Å². The molecule has 2 aromatic rings. The number of rotatable bonds is 4. The monoisotopic (exact) mass is 299 g/mol. The van der Waals surface area contributed by atoms with E-state index < -0.39 is 5.76 Å². The average Bonchev–Trinajstić information content (AvgIpc) is 2.40. The molecule has 0 heterocycles. The molecule has 0 aliphatic rings. The summed E-state index contributed by atoms with van der Waals surface area (Å²) >= 11 is 6.54. The van der Waals surface area contributed by atoms with Crippen LogP contribution in [0.4, 0.5) is 8.78 Å². The summed E-state index contributed by atoms with van der Waals surface area (Å²) in [6, 6.07) is 12.6. The molecule has 0 spiro atoms. The molecule has 5 heteroatoms. The fourth-order valence-electron chi connectivity index (χ4n) is 1.74. The van der Waals surface area contributed by atoms with Crippen LogP contribution < -0.4 is 5.73 Å². The maximum Gasteiger partial charge on any atom is 0.288 e. The lowest BCUT2D eigenvalue weighted by Crippen LogP contribution is -1.97. The summed E-state index contributed by atoms with van der Waals surface area (Å²) in [4.78, 5) is 0.548. The second-order valence-corrected chi connectivity index (χ2v) is 5.38. The fraction of sp³-hybridized carbons (Fsp3) is 0.143. The van der Waals surface area contributed by atoms with Crippen molar-refractivity contribution in [1.29, 1.82) is 0 Å². The molecule has 0 aromatic heterocycles. The fourth-order valence-corrected chi connectivity index (χ4v) is 2.43. The molecule has 0 aliphatic heterocycles. The molecule has 2 N–H and O–H groups in total. The van der Waals surface area contributed by atoms with Crippen molar-refractivity contribution in [2.45, 2.75) is 17.2 Å². The van der Waals surface area contributed by atoms with Gasteiger partial charge in [-0.3, -0.25) is 0 Å². The van der Waals surface area contributed by atoms with Crippen molar-refractivity contribution in [3.63, 3.8) is 0 Å². The van der Waals surface area contributed by atoms with Crippen LogP contribution in [0.1, 0.15) is 5.56 Å². The van der Waals surface area contributed by atoms with Crippen molar-refractivity contribution < 1.29 is 8.78 Å². The Morgan fingerprint density at radius 3 is 2.26 bits per heavy atom. The van der Waals surface area contributed by atoms with Gasteiger partial charge in [0.15, 0.2) is 0 Å². The molecule has 0 fully saturated rings. The molecule has 0 bridgehead atoms. The Kier molecular flexibility index (Phi) is 4.80. The van der Waals surface area contributed by atoms with Crippen molar-refractivity contribution in [2.24, 2.45) is 5.73 Å². The van der Waals surface area contributed by atoms with Crippen LogP contribution >= 0.6 is 23.4 Å². The predicted molar refractivity (Wildman–Crippen MR) is 76.6 cm³/mol. The van der Waals surface area contributed by atoms with Crippen LogP contribution in [0.25, 0.3) is 11.1 Å². The zero-order valence-corrected chi connectivity index (χ0v) is 11.5. The Hall–Kier alpha value is -1.10. The minimum atomic E-state index is -2.40. The minimum Gasteiger partial charge on any atom is -0.326 e. The first-order valence-corrected chi connectivity index (χ1v) is 6.89. The number of benzene rings is 2. The normalized spacial score (nSPS) is 11.0. The van der Waals surface area contributed by atoms with Gasteiger partial charge in [0, 0.05) is 16.5 Å². The summed E-state index contributed by atoms with van der Waals surface area (Å²) < 4.78 is 24.4. The van der Waals surface area contributed by atoms with Crippen LogP contribution in [0.15, 0.2) is 47.4 Å². The highest BCUT2D eigenvalue weighted by atomic mass is 35.5. The van der Waals surface area contributed by atoms with Gasteiger partial charge >= 0.3 is 0 Å². The largest absolute Gasteiger partial charge is 0.326 e. The molecule has 0 saturated heterocycles. The first kappa shape index (κ1) is 14.3. The molecule has 0 saturated carbocycles. The van der Waals surface area contributed by atoms with Gasteiger partial charge in [0.25, 0.3) is 5.76 Å². The summed E-state index contributed by atoms with van der Waals surface area (Å²) in [5, 5.41) is 0.635. The van der Waals surface area contributed by atoms with Crippen molar-refractivity contribution in [1.82, 2.24) is 0 Å². The molecule has 2 aromatic carbocycles. The summed E-state index contributed by atoms with van der Waals surface area (Å²) in [7, 11) is 0. The Morgan fingerprint density at radius 2 is 1.68 bits per heavy atom. The molecule has 1 nitrogen and oxygen atoms in total. The molecule has 0 aliphatic carbocycles. The summed E-state index contributed by atoms with van der Waals surface area (Å²) in [5.41, 5.74) is 8.39. The van der Waals surface area contributed by atoms with Crippen molar-refractivity contribution in [3.8, 4) is 11.1 Å². The smallest absolute Gasteiger partial charge is 0.288 e. The van der Waals surface area contributed by atoms with Gasteiger partial charge < -0.3 is 5.73 Å². The maximum atomic E-state index is 12.2. The first-order chi connectivity index (χ1) is 9.10. The first-order valence-electron chi connectivity index (χ1n) is 5.64. The molecular formula is C14H12ClF2NS. The van der Waals surface area contributed by atoms with Crippen LogP contribution in [0.5, 0.6) is 0 Å². The van der Waals surface area contributed by atoms with Crippen LogP contribution in [-0.4, -0.2) is 5.76 Å². The van der Waals surface area contributed by atoms with E-state index in [2.05, 4.69) is 0 Å². The minimum absolute atomic E-state index is 0.367. The summed E-state index contributed by atoms with van der Waals surface area (Å²) in [6.07, 6.45) is 0. The lowest BCUT2D eigenvalue weighted by Gasteiger charge is -2.07. The molecule has 19 heavy (non-hydrogen) atoms. The van der Waals surface area contributed by atoms with Crippen LogP contribution in [0, 0.1) is 0 Å². The summed E-state index contributed by atoms with van der Waals surface area (Å²) in [5.74, 6) is -2.40. The topological polar surface area (TPSA) is 26.0 Å². The zero-order chi connectivity index (χ0) is 13.8. The third kappa shape index (κ3) is 3.69. The molecule has 2 rings (SSSR count). The highest BCUT2D eigenvalue weighted by Crippen LogP contribution is 2.29. The lowest BCUT2D eigenvalue weighted by molar-refractivity contribution is 0.252. The van der Waals surface area contributed by atoms with E-state index in [9.17, 15) is 8.78 Å². The standard InChI is InChI=1S/C14H12ClF2NS/c15-13-6-3-10(7-11(13)8-18)9-1-4-12(5-2-9)19-14(16)17/h1-7,14H,8,18H2. The number of alkyl halides is 2. The van der Waals surface area contributed by atoms with E-state index in [-0.39, 0.29) is 0 Å². The molecule has 0 atom stereocenters. The Labute approximate surface area is 119 Å². The van der Waals surface area contributed by atoms with E-state index in [0.717, 1.165) is 16.7 Å². The molecule has 0 radical (unpaired) electrons. The highest BCUT2D eigenvalue weighted by molar-refractivity contribution is 7.99. The van der Waals surface area contributed by atoms with E-state index in [0.29, 0.717) is 28.2 Å². The highest BCUT2D eigenvalue weighted by Gasteiger charge is 2.06. The SMILES string of the molecule is NCc1cc(-c2ccc(SC(F)F)cc2)ccc1Cl. The van der Waals surface area contributed by atoms with Crippen LogP contribution in [0.2, 0.25) is 5.02 Å². The average molecular weight is 300 g/mol. The molecule has 0 unspecified atom stereocenters. The van der Waals surface area contributed by atoms with E-state index in [1.165, 1.54) is 0 Å². The Bertz CT molecular complexity index is 558. The molecule has 0 amide bonds. The molecule has 100 valence electrons. The van der Waals surface area contributed by atoms with Gasteiger partial charge in [-0.05, 0) is 41.0 Å². The Balaban J connectivity index is 2.27. The number of hydrogen-bond donors (Lipinski definition) is 1. The number of hydrogen-bond acceptors (Lipinski definition) is 2. The van der Waals surface area contributed by atoms with Crippen LogP contribution in [-0.2, 0) is 6.54 Å². The third-order valence-corrected chi connectivity index (χ3v) is 3.77. The quantitative estimate of drug-likeness (QED) is 0.822. The van der Waals surface area contributed by atoms with Gasteiger partial charge in [-0.25, -0.2) is 0 Å². The van der Waals surface area contributed by atoms with Crippen molar-refractivity contribution in [2.75, 3.05) is 0 Å². The van der Waals surface area contributed by atoms with Gasteiger partial charge in [-0.15, -0.1) is 0 Å². The van der Waals surface area contributed by atoms with Gasteiger partial charge in [-0.2, -0.15) is 8.78 Å². The van der Waals surface area contributed by atoms with Gasteiger partial charge in [-0.1, -0.05) is 41.6 Å². The van der Waals surface area contributed by atoms with E-state index in [1.807, 2.05) is 24.3 Å². The number of thioether (sulfide) groups is 1. The van der Waals surface area contributed by atoms with E-state index in [1.54, 1.807) is 18.2 Å². The van der Waals surface area contributed by atoms with E-state index >= 15 is 0 Å². The second-order valence-electron chi connectivity index (χ2n) is 3.91. The van der Waals surface area contributed by atoms with Crippen molar-refractivity contribution in [3.05, 3.63) is 53.1 Å². The molecular weight excluding hydrogens is 288 g/mol. The third-order valence-electron chi connectivity index (χ3n) is 2.68. The maximum absolute atomic E-state index is 12.2. The lowest BCUT2D eigenvalue weighted by atomic mass is 10.0. The van der Waals surface area contributed by atoms with Gasteiger partial charge in [0.2, 0.25) is 0 Å². The zero-order valence-electron chi connectivity index (χ0n) is 9.95. The van der Waals surface area contributed by atoms with Gasteiger partial charge in [0.1, 0.15) is 0 Å².